The van der Waals surface area contributed by atoms with Crippen LogP contribution in [0, 0.1) is 5.41 Å². The quantitative estimate of drug-likeness (QED) is 0.865. The Bertz CT molecular complexity index is 452. The Balaban J connectivity index is 0.00000180. The van der Waals surface area contributed by atoms with E-state index in [1.54, 1.807) is 0 Å². The molecule has 0 saturated heterocycles. The molecule has 4 heteroatoms. The molecule has 0 unspecified atom stereocenters. The maximum Gasteiger partial charge on any atom is 0.224 e. The fourth-order valence-corrected chi connectivity index (χ4v) is 2.24. The van der Waals surface area contributed by atoms with Crippen LogP contribution in [-0.4, -0.2) is 12.5 Å². The molecular weight excluding hydrogens is 260 g/mol. The number of amides is 1. The Hall–Kier alpha value is -1.22. The molecule has 0 fully saturated rings. The van der Waals surface area contributed by atoms with Gasteiger partial charge in [-0.05, 0) is 42.0 Å². The summed E-state index contributed by atoms with van der Waals surface area (Å²) in [6.45, 7) is 7.26. The monoisotopic (exact) mass is 282 g/mol. The van der Waals surface area contributed by atoms with Gasteiger partial charge in [-0.2, -0.15) is 0 Å². The fourth-order valence-electron chi connectivity index (χ4n) is 2.24. The minimum absolute atomic E-state index is 0. The molecule has 19 heavy (non-hydrogen) atoms. The number of benzene rings is 1. The van der Waals surface area contributed by atoms with E-state index in [0.717, 1.165) is 25.1 Å². The minimum atomic E-state index is 0. The van der Waals surface area contributed by atoms with Crippen LogP contribution in [0.15, 0.2) is 18.2 Å². The first-order valence-corrected chi connectivity index (χ1v) is 6.61. The van der Waals surface area contributed by atoms with Gasteiger partial charge in [0.25, 0.3) is 0 Å². The second kappa shape index (κ2) is 6.29. The summed E-state index contributed by atoms with van der Waals surface area (Å²) in [5.74, 6) is 0.0891. The van der Waals surface area contributed by atoms with E-state index < -0.39 is 0 Å². The van der Waals surface area contributed by atoms with Crippen molar-refractivity contribution >= 4 is 29.7 Å². The number of carbonyl (C=O) groups excluding carboxylic acids is 1. The molecule has 106 valence electrons. The first-order valence-electron chi connectivity index (χ1n) is 6.61. The van der Waals surface area contributed by atoms with Gasteiger partial charge in [0, 0.05) is 24.3 Å². The van der Waals surface area contributed by atoms with Crippen LogP contribution in [0.5, 0.6) is 0 Å². The molecule has 0 bridgehead atoms. The van der Waals surface area contributed by atoms with Crippen molar-refractivity contribution in [2.24, 2.45) is 5.41 Å². The molecule has 0 aromatic heterocycles. The molecule has 0 radical (unpaired) electrons. The zero-order chi connectivity index (χ0) is 13.2. The fraction of sp³-hybridized carbons (Fsp3) is 0.533. The van der Waals surface area contributed by atoms with Crippen LogP contribution in [0.25, 0.3) is 0 Å². The van der Waals surface area contributed by atoms with Gasteiger partial charge in [-0.1, -0.05) is 20.8 Å². The highest BCUT2D eigenvalue weighted by molar-refractivity contribution is 5.91. The molecule has 1 heterocycles. The van der Waals surface area contributed by atoms with E-state index in [2.05, 4.69) is 43.5 Å². The largest absolute Gasteiger partial charge is 0.385 e. The SMILES string of the molecule is CC(C)(C)CC(=O)Nc1ccc2c(c1)CCCN2.Cl. The number of hydrogen-bond donors (Lipinski definition) is 2. The number of nitrogens with one attached hydrogen (secondary N) is 2. The van der Waals surface area contributed by atoms with Crippen molar-refractivity contribution in [3.63, 3.8) is 0 Å². The molecule has 0 saturated carbocycles. The summed E-state index contributed by atoms with van der Waals surface area (Å²) in [6, 6.07) is 6.11. The maximum atomic E-state index is 11.9. The highest BCUT2D eigenvalue weighted by atomic mass is 35.5. The first kappa shape index (κ1) is 15.8. The van der Waals surface area contributed by atoms with E-state index in [9.17, 15) is 4.79 Å². The molecule has 1 aromatic carbocycles. The van der Waals surface area contributed by atoms with Crippen molar-refractivity contribution in [1.29, 1.82) is 0 Å². The molecule has 1 aliphatic rings. The van der Waals surface area contributed by atoms with Gasteiger partial charge in [0.2, 0.25) is 5.91 Å². The topological polar surface area (TPSA) is 41.1 Å². The van der Waals surface area contributed by atoms with Gasteiger partial charge in [0.1, 0.15) is 0 Å². The van der Waals surface area contributed by atoms with Crippen LogP contribution in [0.4, 0.5) is 11.4 Å². The second-order valence-electron chi connectivity index (χ2n) is 6.19. The van der Waals surface area contributed by atoms with E-state index in [-0.39, 0.29) is 23.7 Å². The molecule has 0 aliphatic carbocycles. The number of halogens is 1. The number of carbonyl (C=O) groups is 1. The molecule has 0 atom stereocenters. The Labute approximate surface area is 121 Å². The number of hydrogen-bond acceptors (Lipinski definition) is 2. The van der Waals surface area contributed by atoms with E-state index in [1.165, 1.54) is 11.3 Å². The maximum absolute atomic E-state index is 11.9. The van der Waals surface area contributed by atoms with E-state index in [1.807, 2.05) is 6.07 Å². The van der Waals surface area contributed by atoms with Gasteiger partial charge in [0.05, 0.1) is 0 Å². The highest BCUT2D eigenvalue weighted by Crippen LogP contribution is 2.26. The van der Waals surface area contributed by atoms with Crippen molar-refractivity contribution in [2.75, 3.05) is 17.2 Å². The third-order valence-corrected chi connectivity index (χ3v) is 3.02. The number of fused-ring (bicyclic) bond motifs is 1. The van der Waals surface area contributed by atoms with Gasteiger partial charge in [-0.15, -0.1) is 12.4 Å². The van der Waals surface area contributed by atoms with Crippen LogP contribution in [0.2, 0.25) is 0 Å². The van der Waals surface area contributed by atoms with Gasteiger partial charge in [0.15, 0.2) is 0 Å². The molecule has 1 amide bonds. The molecular formula is C15H23ClN2O. The standard InChI is InChI=1S/C15H22N2O.ClH/c1-15(2,3)10-14(18)17-12-6-7-13-11(9-12)5-4-8-16-13;/h6-7,9,16H,4-5,8,10H2,1-3H3,(H,17,18);1H. The smallest absolute Gasteiger partial charge is 0.224 e. The van der Waals surface area contributed by atoms with E-state index in [4.69, 9.17) is 0 Å². The summed E-state index contributed by atoms with van der Waals surface area (Å²) in [5.41, 5.74) is 3.44. The summed E-state index contributed by atoms with van der Waals surface area (Å²) < 4.78 is 0. The lowest BCUT2D eigenvalue weighted by Crippen LogP contribution is -2.20. The van der Waals surface area contributed by atoms with Crippen LogP contribution >= 0.6 is 12.4 Å². The lowest BCUT2D eigenvalue weighted by atomic mass is 9.92. The predicted octanol–water partition coefficient (Wildman–Crippen LogP) is 3.84. The van der Waals surface area contributed by atoms with Gasteiger partial charge < -0.3 is 10.6 Å². The summed E-state index contributed by atoms with van der Waals surface area (Å²) in [4.78, 5) is 11.9. The molecule has 1 aliphatic heterocycles. The van der Waals surface area contributed by atoms with Crippen LogP contribution < -0.4 is 10.6 Å². The van der Waals surface area contributed by atoms with E-state index in [0.29, 0.717) is 6.42 Å². The zero-order valence-electron chi connectivity index (χ0n) is 11.9. The zero-order valence-corrected chi connectivity index (χ0v) is 12.7. The molecule has 2 N–H and O–H groups in total. The normalized spacial score (nSPS) is 13.8. The van der Waals surface area contributed by atoms with E-state index >= 15 is 0 Å². The van der Waals surface area contributed by atoms with Crippen molar-refractivity contribution in [3.8, 4) is 0 Å². The average molecular weight is 283 g/mol. The van der Waals surface area contributed by atoms with Crippen molar-refractivity contribution in [3.05, 3.63) is 23.8 Å². The number of aryl methyl sites for hydroxylation is 1. The molecule has 3 nitrogen and oxygen atoms in total. The summed E-state index contributed by atoms with van der Waals surface area (Å²) >= 11 is 0. The van der Waals surface area contributed by atoms with Crippen LogP contribution in [-0.2, 0) is 11.2 Å². The third kappa shape index (κ3) is 4.75. The second-order valence-corrected chi connectivity index (χ2v) is 6.19. The third-order valence-electron chi connectivity index (χ3n) is 3.02. The molecule has 1 aromatic rings. The number of anilines is 2. The Morgan fingerprint density at radius 2 is 2.11 bits per heavy atom. The van der Waals surface area contributed by atoms with Crippen molar-refractivity contribution in [1.82, 2.24) is 0 Å². The summed E-state index contributed by atoms with van der Waals surface area (Å²) in [7, 11) is 0. The van der Waals surface area contributed by atoms with Gasteiger partial charge >= 0.3 is 0 Å². The summed E-state index contributed by atoms with van der Waals surface area (Å²) in [6.07, 6.45) is 2.79. The Kier molecular flexibility index (Phi) is 5.24. The number of rotatable bonds is 2. The van der Waals surface area contributed by atoms with Crippen LogP contribution in [0.1, 0.15) is 39.2 Å². The lowest BCUT2D eigenvalue weighted by Gasteiger charge is -2.20. The highest BCUT2D eigenvalue weighted by Gasteiger charge is 2.16. The molecule has 0 spiro atoms. The predicted molar refractivity (Wildman–Crippen MR) is 83.2 cm³/mol. The average Bonchev–Trinajstić information content (AvgIpc) is 2.26. The van der Waals surface area contributed by atoms with Gasteiger partial charge in [-0.3, -0.25) is 4.79 Å². The van der Waals surface area contributed by atoms with Gasteiger partial charge in [-0.25, -0.2) is 0 Å². The first-order chi connectivity index (χ1) is 8.44. The van der Waals surface area contributed by atoms with Crippen molar-refractivity contribution in [2.45, 2.75) is 40.0 Å². The lowest BCUT2D eigenvalue weighted by molar-refractivity contribution is -0.117. The summed E-state index contributed by atoms with van der Waals surface area (Å²) in [5, 5.41) is 6.35. The van der Waals surface area contributed by atoms with Crippen molar-refractivity contribution < 1.29 is 4.79 Å². The minimum Gasteiger partial charge on any atom is -0.385 e. The Morgan fingerprint density at radius 1 is 1.37 bits per heavy atom. The van der Waals surface area contributed by atoms with Crippen LogP contribution in [0.3, 0.4) is 0 Å². The Morgan fingerprint density at radius 3 is 2.79 bits per heavy atom. The molecule has 2 rings (SSSR count).